The fourth-order valence-corrected chi connectivity index (χ4v) is 1.45. The van der Waals surface area contributed by atoms with Gasteiger partial charge in [0, 0.05) is 0 Å². The maximum absolute atomic E-state index is 13.6. The molecule has 0 radical (unpaired) electrons. The third-order valence-corrected chi connectivity index (χ3v) is 2.40. The Labute approximate surface area is 98.2 Å². The van der Waals surface area contributed by atoms with E-state index in [0.717, 1.165) is 0 Å². The third kappa shape index (κ3) is 3.38. The second-order valence-corrected chi connectivity index (χ2v) is 4.32. The molecule has 88 valence electrons. The van der Waals surface area contributed by atoms with E-state index in [4.69, 9.17) is 16.7 Å². The van der Waals surface area contributed by atoms with E-state index in [1.165, 1.54) is 19.9 Å². The molecule has 5 heteroatoms. The zero-order valence-corrected chi connectivity index (χ0v) is 9.81. The van der Waals surface area contributed by atoms with Gasteiger partial charge in [0.15, 0.2) is 0 Å². The highest BCUT2D eigenvalue weighted by molar-refractivity contribution is 6.33. The minimum Gasteiger partial charge on any atom is -0.480 e. The molecule has 0 saturated carbocycles. The average Bonchev–Trinajstić information content (AvgIpc) is 2.14. The van der Waals surface area contributed by atoms with Crippen molar-refractivity contribution in [2.75, 3.05) is 11.9 Å². The second-order valence-electron chi connectivity index (χ2n) is 3.91. The number of carboxylic acid groups (broad SMARTS) is 1. The van der Waals surface area contributed by atoms with E-state index in [-0.39, 0.29) is 6.54 Å². The van der Waals surface area contributed by atoms with Crippen LogP contribution in [0.4, 0.5) is 10.1 Å². The third-order valence-electron chi connectivity index (χ3n) is 2.09. The van der Waals surface area contributed by atoms with Crippen LogP contribution in [0.1, 0.15) is 19.4 Å². The van der Waals surface area contributed by atoms with E-state index in [1.54, 1.807) is 12.1 Å². The Morgan fingerprint density at radius 1 is 1.56 bits per heavy atom. The molecule has 16 heavy (non-hydrogen) atoms. The van der Waals surface area contributed by atoms with Crippen LogP contribution in [0.3, 0.4) is 0 Å². The van der Waals surface area contributed by atoms with Gasteiger partial charge >= 0.3 is 5.97 Å². The predicted octanol–water partition coefficient (Wildman–Crippen LogP) is 3.04. The molecule has 0 heterocycles. The molecular formula is C11H13ClFNO2. The zero-order valence-electron chi connectivity index (χ0n) is 9.05. The predicted molar refractivity (Wildman–Crippen MR) is 61.7 cm³/mol. The normalized spacial score (nSPS) is 11.2. The molecule has 0 bridgehead atoms. The molecule has 0 unspecified atom stereocenters. The van der Waals surface area contributed by atoms with Crippen molar-refractivity contribution in [2.45, 2.75) is 19.5 Å². The van der Waals surface area contributed by atoms with Gasteiger partial charge in [-0.05, 0) is 31.5 Å². The molecule has 1 rings (SSSR count). The van der Waals surface area contributed by atoms with E-state index in [1.807, 2.05) is 0 Å². The van der Waals surface area contributed by atoms with Gasteiger partial charge in [0.2, 0.25) is 0 Å². The summed E-state index contributed by atoms with van der Waals surface area (Å²) in [6, 6.07) is 4.64. The first kappa shape index (κ1) is 12.8. The quantitative estimate of drug-likeness (QED) is 0.857. The van der Waals surface area contributed by atoms with Gasteiger partial charge in [-0.3, -0.25) is 4.79 Å². The van der Waals surface area contributed by atoms with E-state index in [2.05, 4.69) is 5.32 Å². The fourth-order valence-electron chi connectivity index (χ4n) is 1.20. The zero-order chi connectivity index (χ0) is 12.3. The van der Waals surface area contributed by atoms with Crippen LogP contribution in [0.25, 0.3) is 0 Å². The number of carboxylic acids is 1. The van der Waals surface area contributed by atoms with Crippen molar-refractivity contribution < 1.29 is 14.3 Å². The second kappa shape index (κ2) is 4.70. The first-order valence-electron chi connectivity index (χ1n) is 4.75. The van der Waals surface area contributed by atoms with Crippen molar-refractivity contribution in [3.63, 3.8) is 0 Å². The van der Waals surface area contributed by atoms with E-state index >= 15 is 0 Å². The summed E-state index contributed by atoms with van der Waals surface area (Å²) in [4.78, 5) is 10.3. The number of aliphatic carboxylic acids is 1. The Hall–Kier alpha value is -1.29. The Bertz CT molecular complexity index is 401. The number of halogens is 2. The van der Waals surface area contributed by atoms with E-state index < -0.39 is 11.6 Å². The average molecular weight is 246 g/mol. The van der Waals surface area contributed by atoms with Crippen LogP contribution < -0.4 is 5.32 Å². The lowest BCUT2D eigenvalue weighted by Crippen LogP contribution is -2.13. The molecule has 2 N–H and O–H groups in total. The number of hydrogen-bond donors (Lipinski definition) is 2. The maximum Gasteiger partial charge on any atom is 0.322 e. The molecule has 0 amide bonds. The summed E-state index contributed by atoms with van der Waals surface area (Å²) in [6.07, 6.45) is 0. The molecule has 0 aromatic heterocycles. The highest BCUT2D eigenvalue weighted by atomic mass is 35.5. The Morgan fingerprint density at radius 3 is 2.62 bits per heavy atom. The van der Waals surface area contributed by atoms with Crippen molar-refractivity contribution >= 4 is 23.3 Å². The van der Waals surface area contributed by atoms with Gasteiger partial charge in [0.1, 0.15) is 12.2 Å². The molecule has 0 aliphatic carbocycles. The van der Waals surface area contributed by atoms with Crippen molar-refractivity contribution in [2.24, 2.45) is 0 Å². The fraction of sp³-hybridized carbons (Fsp3) is 0.364. The lowest BCUT2D eigenvalue weighted by atomic mass is 10.00. The summed E-state index contributed by atoms with van der Waals surface area (Å²) in [7, 11) is 0. The monoisotopic (exact) mass is 245 g/mol. The Kier molecular flexibility index (Phi) is 3.75. The van der Waals surface area contributed by atoms with Crippen LogP contribution in [0, 0.1) is 0 Å². The van der Waals surface area contributed by atoms with E-state index in [0.29, 0.717) is 16.3 Å². The summed E-state index contributed by atoms with van der Waals surface area (Å²) in [5.41, 5.74) is -0.523. The van der Waals surface area contributed by atoms with Gasteiger partial charge < -0.3 is 10.4 Å². The van der Waals surface area contributed by atoms with Crippen molar-refractivity contribution in [1.82, 2.24) is 0 Å². The largest absolute Gasteiger partial charge is 0.480 e. The first-order valence-corrected chi connectivity index (χ1v) is 5.13. The van der Waals surface area contributed by atoms with Crippen molar-refractivity contribution in [3.8, 4) is 0 Å². The van der Waals surface area contributed by atoms with Crippen LogP contribution >= 0.6 is 11.6 Å². The van der Waals surface area contributed by atoms with Gasteiger partial charge in [-0.15, -0.1) is 0 Å². The number of rotatable bonds is 4. The minimum atomic E-state index is -1.46. The molecule has 0 aliphatic rings. The van der Waals surface area contributed by atoms with Crippen LogP contribution in [-0.4, -0.2) is 17.6 Å². The summed E-state index contributed by atoms with van der Waals surface area (Å²) < 4.78 is 13.6. The van der Waals surface area contributed by atoms with Crippen molar-refractivity contribution in [3.05, 3.63) is 28.8 Å². The maximum atomic E-state index is 13.6. The number of hydrogen-bond acceptors (Lipinski definition) is 2. The number of benzene rings is 1. The first-order chi connectivity index (χ1) is 7.30. The van der Waals surface area contributed by atoms with Gasteiger partial charge in [0.25, 0.3) is 0 Å². The van der Waals surface area contributed by atoms with Gasteiger partial charge in [-0.1, -0.05) is 17.7 Å². The van der Waals surface area contributed by atoms with Gasteiger partial charge in [-0.2, -0.15) is 0 Å². The summed E-state index contributed by atoms with van der Waals surface area (Å²) in [5.74, 6) is -0.981. The molecule has 0 atom stereocenters. The standard InChI is InChI=1S/C11H13ClFNO2/c1-11(2,13)7-3-4-9(8(12)5-7)14-6-10(15)16/h3-5,14H,6H2,1-2H3,(H,15,16). The summed E-state index contributed by atoms with van der Waals surface area (Å²) in [6.45, 7) is 2.64. The highest BCUT2D eigenvalue weighted by Crippen LogP contribution is 2.30. The molecule has 1 aromatic carbocycles. The Morgan fingerprint density at radius 2 is 2.19 bits per heavy atom. The molecule has 0 spiro atoms. The smallest absolute Gasteiger partial charge is 0.322 e. The topological polar surface area (TPSA) is 49.3 Å². The highest BCUT2D eigenvalue weighted by Gasteiger charge is 2.19. The number of anilines is 1. The lowest BCUT2D eigenvalue weighted by Gasteiger charge is -2.16. The number of carbonyl (C=O) groups is 1. The summed E-state index contributed by atoms with van der Waals surface area (Å²) >= 11 is 5.90. The minimum absolute atomic E-state index is 0.224. The Balaban J connectivity index is 2.88. The van der Waals surface area contributed by atoms with E-state index in [9.17, 15) is 9.18 Å². The van der Waals surface area contributed by atoms with Crippen LogP contribution in [0.15, 0.2) is 18.2 Å². The molecule has 0 aliphatic heterocycles. The molecule has 0 saturated heterocycles. The summed E-state index contributed by atoms with van der Waals surface area (Å²) in [5, 5.41) is 11.4. The molecular weight excluding hydrogens is 233 g/mol. The van der Waals surface area contributed by atoms with Crippen LogP contribution in [0.2, 0.25) is 5.02 Å². The lowest BCUT2D eigenvalue weighted by molar-refractivity contribution is -0.134. The molecule has 0 fully saturated rings. The van der Waals surface area contributed by atoms with Crippen molar-refractivity contribution in [1.29, 1.82) is 0 Å². The van der Waals surface area contributed by atoms with Gasteiger partial charge in [-0.25, -0.2) is 4.39 Å². The number of alkyl halides is 1. The molecule has 1 aromatic rings. The molecule has 3 nitrogen and oxygen atoms in total. The van der Waals surface area contributed by atoms with Crippen LogP contribution in [0.5, 0.6) is 0 Å². The van der Waals surface area contributed by atoms with Crippen LogP contribution in [-0.2, 0) is 10.5 Å². The van der Waals surface area contributed by atoms with Gasteiger partial charge in [0.05, 0.1) is 10.7 Å². The SMILES string of the molecule is CC(C)(F)c1ccc(NCC(=O)O)c(Cl)c1. The number of nitrogens with one attached hydrogen (secondary N) is 1.